The molecular formula is C11H28O6Si2. The molecule has 0 radical (unpaired) electrons. The molecule has 0 aliphatic heterocycles. The Morgan fingerprint density at radius 2 is 1.05 bits per heavy atom. The highest BCUT2D eigenvalue weighted by molar-refractivity contribution is 6.67. The van der Waals surface area contributed by atoms with Gasteiger partial charge in [-0.3, -0.25) is 0 Å². The first-order valence-corrected chi connectivity index (χ1v) is 9.95. The first-order chi connectivity index (χ1) is 8.90. The molecule has 1 unspecified atom stereocenters. The molecule has 0 aliphatic rings. The van der Waals surface area contributed by atoms with Crippen LogP contribution in [0.25, 0.3) is 0 Å². The second kappa shape index (κ2) is 8.47. The smallest absolute Gasteiger partial charge is 0.377 e. The number of rotatable bonds is 10. The van der Waals surface area contributed by atoms with Crippen molar-refractivity contribution in [3.8, 4) is 0 Å². The SMILES string of the molecule is CO[Si](CC(C(C)C)[Si](OC)(OC)OC)(OC)OC. The molecule has 116 valence electrons. The van der Waals surface area contributed by atoms with Crippen LogP contribution in [0.1, 0.15) is 13.8 Å². The van der Waals surface area contributed by atoms with Crippen molar-refractivity contribution in [2.75, 3.05) is 42.7 Å². The van der Waals surface area contributed by atoms with E-state index in [0.29, 0.717) is 12.0 Å². The van der Waals surface area contributed by atoms with Crippen LogP contribution in [0.2, 0.25) is 11.6 Å². The standard InChI is InChI=1S/C11H28O6Si2/c1-10(2)11(19(15-6,16-7)17-8)9-18(12-3,13-4)14-5/h10-11H,9H2,1-8H3. The van der Waals surface area contributed by atoms with E-state index in [-0.39, 0.29) is 5.54 Å². The monoisotopic (exact) mass is 312 g/mol. The van der Waals surface area contributed by atoms with E-state index in [2.05, 4.69) is 13.8 Å². The summed E-state index contributed by atoms with van der Waals surface area (Å²) in [6.45, 7) is 4.20. The van der Waals surface area contributed by atoms with E-state index in [1.807, 2.05) is 0 Å². The van der Waals surface area contributed by atoms with E-state index in [1.54, 1.807) is 42.7 Å². The molecule has 0 aromatic rings. The summed E-state index contributed by atoms with van der Waals surface area (Å²) in [6, 6.07) is 0.593. The summed E-state index contributed by atoms with van der Waals surface area (Å²) in [5, 5.41) is 0. The lowest BCUT2D eigenvalue weighted by atomic mass is 10.1. The largest absolute Gasteiger partial charge is 0.503 e. The zero-order valence-corrected chi connectivity index (χ0v) is 15.3. The maximum absolute atomic E-state index is 5.59. The van der Waals surface area contributed by atoms with Crippen LogP contribution >= 0.6 is 0 Å². The van der Waals surface area contributed by atoms with Crippen LogP contribution in [0.5, 0.6) is 0 Å². The fourth-order valence-corrected chi connectivity index (χ4v) is 8.23. The second-order valence-corrected chi connectivity index (χ2v) is 10.7. The van der Waals surface area contributed by atoms with Crippen molar-refractivity contribution in [1.82, 2.24) is 0 Å². The van der Waals surface area contributed by atoms with Gasteiger partial charge in [0, 0.05) is 54.2 Å². The highest BCUT2D eigenvalue weighted by atomic mass is 28.4. The highest BCUT2D eigenvalue weighted by Crippen LogP contribution is 2.39. The molecular weight excluding hydrogens is 284 g/mol. The van der Waals surface area contributed by atoms with E-state index >= 15 is 0 Å². The number of hydrogen-bond acceptors (Lipinski definition) is 6. The van der Waals surface area contributed by atoms with Crippen LogP contribution < -0.4 is 0 Å². The summed E-state index contributed by atoms with van der Waals surface area (Å²) >= 11 is 0. The lowest BCUT2D eigenvalue weighted by molar-refractivity contribution is 0.0909. The summed E-state index contributed by atoms with van der Waals surface area (Å²) < 4.78 is 33.3. The van der Waals surface area contributed by atoms with Crippen molar-refractivity contribution in [1.29, 1.82) is 0 Å². The molecule has 1 atom stereocenters. The summed E-state index contributed by atoms with van der Waals surface area (Å²) in [7, 11) is 4.18. The van der Waals surface area contributed by atoms with Gasteiger partial charge >= 0.3 is 17.6 Å². The third kappa shape index (κ3) is 4.33. The second-order valence-electron chi connectivity index (χ2n) is 4.57. The zero-order chi connectivity index (χ0) is 15.1. The molecule has 0 fully saturated rings. The van der Waals surface area contributed by atoms with Crippen LogP contribution in [0.4, 0.5) is 0 Å². The van der Waals surface area contributed by atoms with Gasteiger partial charge in [-0.15, -0.1) is 0 Å². The minimum absolute atomic E-state index is 0.0408. The summed E-state index contributed by atoms with van der Waals surface area (Å²) in [4.78, 5) is 0. The molecule has 0 N–H and O–H groups in total. The molecule has 8 heteroatoms. The molecule has 0 bridgehead atoms. The Hall–Kier alpha value is 0.194. The van der Waals surface area contributed by atoms with E-state index < -0.39 is 17.6 Å². The van der Waals surface area contributed by atoms with Gasteiger partial charge in [-0.05, 0) is 5.92 Å². The quantitative estimate of drug-likeness (QED) is 0.573. The molecule has 0 saturated heterocycles. The van der Waals surface area contributed by atoms with Gasteiger partial charge in [0.15, 0.2) is 0 Å². The van der Waals surface area contributed by atoms with Gasteiger partial charge in [0.25, 0.3) is 0 Å². The Balaban J connectivity index is 5.32. The topological polar surface area (TPSA) is 55.4 Å². The molecule has 6 nitrogen and oxygen atoms in total. The zero-order valence-electron chi connectivity index (χ0n) is 13.3. The third-order valence-electron chi connectivity index (χ3n) is 3.52. The lowest BCUT2D eigenvalue weighted by Gasteiger charge is -2.38. The highest BCUT2D eigenvalue weighted by Gasteiger charge is 2.55. The Bertz CT molecular complexity index is 227. The van der Waals surface area contributed by atoms with Gasteiger partial charge in [0.1, 0.15) is 0 Å². The Labute approximate surface area is 119 Å². The minimum atomic E-state index is -2.77. The van der Waals surface area contributed by atoms with Crippen molar-refractivity contribution in [3.05, 3.63) is 0 Å². The van der Waals surface area contributed by atoms with Crippen molar-refractivity contribution in [3.63, 3.8) is 0 Å². The summed E-state index contributed by atoms with van der Waals surface area (Å²) in [5.41, 5.74) is 0.0408. The molecule has 0 heterocycles. The molecule has 0 aromatic heterocycles. The maximum Gasteiger partial charge on any atom is 0.503 e. The van der Waals surface area contributed by atoms with Crippen molar-refractivity contribution >= 4 is 17.6 Å². The fourth-order valence-electron chi connectivity index (χ4n) is 2.24. The van der Waals surface area contributed by atoms with Gasteiger partial charge in [-0.2, -0.15) is 0 Å². The molecule has 19 heavy (non-hydrogen) atoms. The van der Waals surface area contributed by atoms with E-state index in [1.165, 1.54) is 0 Å². The normalized spacial score (nSPS) is 15.0. The van der Waals surface area contributed by atoms with Gasteiger partial charge < -0.3 is 26.6 Å². The van der Waals surface area contributed by atoms with Gasteiger partial charge in [-0.1, -0.05) is 13.8 Å². The van der Waals surface area contributed by atoms with Crippen LogP contribution in [0.3, 0.4) is 0 Å². The molecule has 0 aliphatic carbocycles. The minimum Gasteiger partial charge on any atom is -0.377 e. The summed E-state index contributed by atoms with van der Waals surface area (Å²) in [5.74, 6) is 0.291. The average molecular weight is 313 g/mol. The lowest BCUT2D eigenvalue weighted by Crippen LogP contribution is -2.54. The van der Waals surface area contributed by atoms with Gasteiger partial charge in [0.05, 0.1) is 0 Å². The first kappa shape index (κ1) is 19.2. The third-order valence-corrected chi connectivity index (χ3v) is 10.2. The Morgan fingerprint density at radius 1 is 0.684 bits per heavy atom. The van der Waals surface area contributed by atoms with Crippen LogP contribution in [0.15, 0.2) is 0 Å². The molecule has 0 spiro atoms. The molecule has 0 saturated carbocycles. The van der Waals surface area contributed by atoms with Crippen molar-refractivity contribution in [2.45, 2.75) is 25.4 Å². The van der Waals surface area contributed by atoms with E-state index in [4.69, 9.17) is 26.6 Å². The predicted octanol–water partition coefficient (Wildman–Crippen LogP) is 1.77. The average Bonchev–Trinajstić information content (AvgIpc) is 2.45. The van der Waals surface area contributed by atoms with Crippen LogP contribution in [-0.4, -0.2) is 60.3 Å². The fraction of sp³-hybridized carbons (Fsp3) is 1.00. The van der Waals surface area contributed by atoms with Crippen LogP contribution in [-0.2, 0) is 26.6 Å². The van der Waals surface area contributed by atoms with Crippen molar-refractivity contribution in [2.24, 2.45) is 5.92 Å². The maximum atomic E-state index is 5.59. The predicted molar refractivity (Wildman–Crippen MR) is 77.0 cm³/mol. The Morgan fingerprint density at radius 3 is 1.26 bits per heavy atom. The van der Waals surface area contributed by atoms with Gasteiger partial charge in [0.2, 0.25) is 0 Å². The summed E-state index contributed by atoms with van der Waals surface area (Å²) in [6.07, 6.45) is 0. The molecule has 0 amide bonds. The first-order valence-electron chi connectivity index (χ1n) is 6.21. The number of hydrogen-bond donors (Lipinski definition) is 0. The van der Waals surface area contributed by atoms with E-state index in [9.17, 15) is 0 Å². The molecule has 0 rings (SSSR count). The van der Waals surface area contributed by atoms with Crippen molar-refractivity contribution < 1.29 is 26.6 Å². The van der Waals surface area contributed by atoms with Gasteiger partial charge in [-0.25, -0.2) is 0 Å². The Kier molecular flexibility index (Phi) is 8.56. The molecule has 0 aromatic carbocycles. The van der Waals surface area contributed by atoms with Crippen LogP contribution in [0, 0.1) is 5.92 Å². The van der Waals surface area contributed by atoms with E-state index in [0.717, 1.165) is 0 Å².